The van der Waals surface area contributed by atoms with Gasteiger partial charge in [0.15, 0.2) is 0 Å². The third-order valence-electron chi connectivity index (χ3n) is 12.4. The van der Waals surface area contributed by atoms with Crippen LogP contribution in [0.1, 0.15) is 11.1 Å². The minimum absolute atomic E-state index is 0.663. The van der Waals surface area contributed by atoms with Crippen LogP contribution < -0.4 is 0 Å². The highest BCUT2D eigenvalue weighted by atomic mass is 16.3. The molecule has 3 nitrogen and oxygen atoms in total. The smallest absolute Gasteiger partial charge is 0.143 e. The largest absolute Gasteiger partial charge is 0.455 e. The molecular formula is C62H38N2O. The maximum absolute atomic E-state index is 10.5. The molecule has 0 fully saturated rings. The monoisotopic (exact) mass is 826 g/mol. The van der Waals surface area contributed by atoms with E-state index in [0.29, 0.717) is 11.1 Å². The number of rotatable bonds is 8. The topological polar surface area (TPSA) is 60.7 Å². The van der Waals surface area contributed by atoms with Gasteiger partial charge in [0.25, 0.3) is 0 Å². The SMILES string of the molecule is N#Cc1c(-c2ccccc2)cc(-c2ccc(-c3cccc4c3oc3c(-c5ccc(-c6cc(-c7ccccc7)c(C#N)c(-c7ccccc7)c6)cc5)cccc34)cc2)cc1-c1ccccc1. The Balaban J connectivity index is 0.960. The zero-order chi connectivity index (χ0) is 43.7. The van der Waals surface area contributed by atoms with Gasteiger partial charge in [0.1, 0.15) is 23.3 Å². The van der Waals surface area contributed by atoms with Crippen LogP contribution in [0.25, 0.3) is 111 Å². The maximum Gasteiger partial charge on any atom is 0.143 e. The lowest BCUT2D eigenvalue weighted by atomic mass is 9.88. The molecule has 0 amide bonds. The van der Waals surface area contributed by atoms with E-state index in [9.17, 15) is 10.5 Å². The van der Waals surface area contributed by atoms with Crippen LogP contribution in [0, 0.1) is 22.7 Å². The molecule has 0 unspecified atom stereocenters. The minimum Gasteiger partial charge on any atom is -0.455 e. The Morgan fingerprint density at radius 1 is 0.246 bits per heavy atom. The first kappa shape index (κ1) is 38.9. The summed E-state index contributed by atoms with van der Waals surface area (Å²) in [5, 5.41) is 23.0. The van der Waals surface area contributed by atoms with Gasteiger partial charge in [0.05, 0.1) is 11.1 Å². The predicted molar refractivity (Wildman–Crippen MR) is 267 cm³/mol. The van der Waals surface area contributed by atoms with Gasteiger partial charge in [-0.05, 0) is 79.9 Å². The lowest BCUT2D eigenvalue weighted by Gasteiger charge is -2.14. The number of hydrogen-bond donors (Lipinski definition) is 0. The number of benzene rings is 10. The van der Waals surface area contributed by atoms with Gasteiger partial charge in [0.2, 0.25) is 0 Å². The number of furan rings is 1. The highest BCUT2D eigenvalue weighted by Gasteiger charge is 2.19. The highest BCUT2D eigenvalue weighted by Crippen LogP contribution is 2.43. The molecule has 0 bridgehead atoms. The van der Waals surface area contributed by atoms with Gasteiger partial charge in [-0.15, -0.1) is 0 Å². The Morgan fingerprint density at radius 3 is 0.815 bits per heavy atom. The van der Waals surface area contributed by atoms with E-state index in [0.717, 1.165) is 111 Å². The summed E-state index contributed by atoms with van der Waals surface area (Å²) in [5.41, 5.74) is 19.0. The Kier molecular flexibility index (Phi) is 9.98. The van der Waals surface area contributed by atoms with E-state index in [2.05, 4.69) is 170 Å². The van der Waals surface area contributed by atoms with E-state index in [1.807, 2.05) is 72.8 Å². The molecule has 0 N–H and O–H groups in total. The van der Waals surface area contributed by atoms with Gasteiger partial charge in [-0.1, -0.05) is 206 Å². The Morgan fingerprint density at radius 2 is 0.523 bits per heavy atom. The molecule has 3 heteroatoms. The van der Waals surface area contributed by atoms with Crippen molar-refractivity contribution in [2.45, 2.75) is 0 Å². The molecule has 0 atom stereocenters. The molecular weight excluding hydrogens is 789 g/mol. The van der Waals surface area contributed by atoms with Gasteiger partial charge in [-0.3, -0.25) is 0 Å². The van der Waals surface area contributed by atoms with Crippen LogP contribution in [0.5, 0.6) is 0 Å². The highest BCUT2D eigenvalue weighted by molar-refractivity contribution is 6.13. The number of nitrogens with zero attached hydrogens (tertiary/aromatic N) is 2. The second-order valence-corrected chi connectivity index (χ2v) is 16.2. The van der Waals surface area contributed by atoms with Crippen molar-refractivity contribution in [3.8, 4) is 101 Å². The van der Waals surface area contributed by atoms with Gasteiger partial charge in [-0.25, -0.2) is 0 Å². The zero-order valence-corrected chi connectivity index (χ0v) is 35.2. The van der Waals surface area contributed by atoms with Gasteiger partial charge >= 0.3 is 0 Å². The van der Waals surface area contributed by atoms with Crippen LogP contribution in [0.4, 0.5) is 0 Å². The molecule has 10 aromatic carbocycles. The van der Waals surface area contributed by atoms with Crippen molar-refractivity contribution >= 4 is 21.9 Å². The molecule has 11 aromatic rings. The average molecular weight is 827 g/mol. The molecule has 0 saturated carbocycles. The minimum atomic E-state index is 0.663. The van der Waals surface area contributed by atoms with Crippen LogP contribution in [-0.2, 0) is 0 Å². The first-order valence-electron chi connectivity index (χ1n) is 21.7. The number of para-hydroxylation sites is 2. The fraction of sp³-hybridized carbons (Fsp3) is 0. The van der Waals surface area contributed by atoms with Crippen molar-refractivity contribution < 1.29 is 4.42 Å². The lowest BCUT2D eigenvalue weighted by Crippen LogP contribution is -1.92. The van der Waals surface area contributed by atoms with Crippen molar-refractivity contribution in [2.24, 2.45) is 0 Å². The summed E-state index contributed by atoms with van der Waals surface area (Å²) < 4.78 is 6.90. The van der Waals surface area contributed by atoms with Crippen LogP contribution in [-0.4, -0.2) is 0 Å². The Hall–Kier alpha value is -9.02. The van der Waals surface area contributed by atoms with E-state index < -0.39 is 0 Å². The van der Waals surface area contributed by atoms with Crippen LogP contribution in [0.2, 0.25) is 0 Å². The first-order chi connectivity index (χ1) is 32.1. The fourth-order valence-electron chi connectivity index (χ4n) is 9.20. The first-order valence-corrected chi connectivity index (χ1v) is 21.7. The zero-order valence-electron chi connectivity index (χ0n) is 35.2. The van der Waals surface area contributed by atoms with Gasteiger partial charge < -0.3 is 4.42 Å². The molecule has 1 aromatic heterocycles. The molecule has 0 aliphatic carbocycles. The molecule has 65 heavy (non-hydrogen) atoms. The predicted octanol–water partition coefficient (Wildman–Crippen LogP) is 16.7. The van der Waals surface area contributed by atoms with E-state index in [1.165, 1.54) is 0 Å². The molecule has 0 radical (unpaired) electrons. The second kappa shape index (κ2) is 16.7. The molecule has 0 aliphatic heterocycles. The lowest BCUT2D eigenvalue weighted by molar-refractivity contribution is 0.671. The molecule has 302 valence electrons. The summed E-state index contributed by atoms with van der Waals surface area (Å²) in [6.07, 6.45) is 0. The van der Waals surface area contributed by atoms with Crippen molar-refractivity contribution in [2.75, 3.05) is 0 Å². The number of hydrogen-bond acceptors (Lipinski definition) is 3. The second-order valence-electron chi connectivity index (χ2n) is 16.2. The van der Waals surface area contributed by atoms with Crippen molar-refractivity contribution in [1.82, 2.24) is 0 Å². The Bertz CT molecular complexity index is 3250. The third-order valence-corrected chi connectivity index (χ3v) is 12.4. The van der Waals surface area contributed by atoms with E-state index in [1.54, 1.807) is 0 Å². The van der Waals surface area contributed by atoms with E-state index in [-0.39, 0.29) is 0 Å². The van der Waals surface area contributed by atoms with Gasteiger partial charge in [-0.2, -0.15) is 10.5 Å². The fourth-order valence-corrected chi connectivity index (χ4v) is 9.20. The molecule has 0 aliphatic rings. The maximum atomic E-state index is 10.5. The van der Waals surface area contributed by atoms with E-state index >= 15 is 0 Å². The summed E-state index contributed by atoms with van der Waals surface area (Å²) in [6.45, 7) is 0. The van der Waals surface area contributed by atoms with Crippen molar-refractivity contribution in [3.05, 3.63) is 242 Å². The van der Waals surface area contributed by atoms with E-state index in [4.69, 9.17) is 4.42 Å². The molecule has 11 rings (SSSR count). The van der Waals surface area contributed by atoms with Crippen LogP contribution in [0.15, 0.2) is 235 Å². The average Bonchev–Trinajstić information content (AvgIpc) is 3.78. The quantitative estimate of drug-likeness (QED) is 0.153. The molecule has 0 spiro atoms. The summed E-state index contributed by atoms with van der Waals surface area (Å²) in [5.74, 6) is 0. The summed E-state index contributed by atoms with van der Waals surface area (Å²) >= 11 is 0. The number of nitriles is 2. The van der Waals surface area contributed by atoms with Gasteiger partial charge in [0, 0.05) is 44.2 Å². The van der Waals surface area contributed by atoms with Crippen molar-refractivity contribution in [1.29, 1.82) is 10.5 Å². The van der Waals surface area contributed by atoms with Crippen LogP contribution >= 0.6 is 0 Å². The third kappa shape index (κ3) is 7.14. The molecule has 1 heterocycles. The summed E-state index contributed by atoms with van der Waals surface area (Å²) in [6, 6.07) is 84.2. The summed E-state index contributed by atoms with van der Waals surface area (Å²) in [7, 11) is 0. The Labute approximate surface area is 378 Å². The normalized spacial score (nSPS) is 11.0. The summed E-state index contributed by atoms with van der Waals surface area (Å²) in [4.78, 5) is 0. The van der Waals surface area contributed by atoms with Crippen LogP contribution in [0.3, 0.4) is 0 Å². The molecule has 0 saturated heterocycles. The standard InChI is InChI=1S/C62H38N2O/c63-39-59-55(43-15-5-1-6-16-43)35-49(36-56(59)44-17-7-2-8-18-44)41-27-31-47(32-28-41)51-23-13-25-53-54-26-14-24-52(62(54)65-61(51)53)48-33-29-42(30-34-48)50-37-57(45-19-9-3-10-20-45)60(40-64)58(38-50)46-21-11-4-12-22-46/h1-38H. The van der Waals surface area contributed by atoms with Crippen molar-refractivity contribution in [3.63, 3.8) is 0 Å². The number of fused-ring (bicyclic) bond motifs is 3.